The van der Waals surface area contributed by atoms with Gasteiger partial charge in [-0.3, -0.25) is 4.90 Å². The fourth-order valence-corrected chi connectivity index (χ4v) is 3.11. The highest BCUT2D eigenvalue weighted by atomic mass is 79.9. The quantitative estimate of drug-likeness (QED) is 0.909. The van der Waals surface area contributed by atoms with Crippen molar-refractivity contribution in [3.63, 3.8) is 0 Å². The molecular weight excluding hydrogens is 320 g/mol. The van der Waals surface area contributed by atoms with Gasteiger partial charge in [-0.1, -0.05) is 15.9 Å². The summed E-state index contributed by atoms with van der Waals surface area (Å²) in [5.74, 6) is 0.832. The Hall–Kier alpha value is -0.620. The molecule has 0 radical (unpaired) electrons. The van der Waals surface area contributed by atoms with Gasteiger partial charge in [-0.15, -0.1) is 0 Å². The van der Waals surface area contributed by atoms with Crippen molar-refractivity contribution < 1.29 is 9.84 Å². The first-order chi connectivity index (χ1) is 9.56. The van der Waals surface area contributed by atoms with Gasteiger partial charge in [0.2, 0.25) is 0 Å². The third kappa shape index (κ3) is 3.34. The molecule has 1 saturated heterocycles. The van der Waals surface area contributed by atoms with Crippen LogP contribution in [0, 0.1) is 0 Å². The van der Waals surface area contributed by atoms with Gasteiger partial charge in [0.05, 0.1) is 19.8 Å². The van der Waals surface area contributed by atoms with Gasteiger partial charge < -0.3 is 14.7 Å². The molecule has 1 aromatic rings. The first-order valence-electron chi connectivity index (χ1n) is 6.95. The summed E-state index contributed by atoms with van der Waals surface area (Å²) < 4.78 is 6.46. The van der Waals surface area contributed by atoms with Crippen LogP contribution in [0.5, 0.6) is 5.75 Å². The van der Waals surface area contributed by atoms with E-state index in [1.54, 1.807) is 7.11 Å². The van der Waals surface area contributed by atoms with Gasteiger partial charge in [0, 0.05) is 35.7 Å². The number of piperazine rings is 1. The predicted octanol–water partition coefficient (Wildman–Crippen LogP) is 2.13. The molecule has 1 N–H and O–H groups in total. The Morgan fingerprint density at radius 3 is 2.80 bits per heavy atom. The van der Waals surface area contributed by atoms with Gasteiger partial charge in [-0.05, 0) is 32.2 Å². The first-order valence-corrected chi connectivity index (χ1v) is 7.74. The van der Waals surface area contributed by atoms with Crippen molar-refractivity contribution in [1.29, 1.82) is 0 Å². The van der Waals surface area contributed by atoms with E-state index in [1.165, 1.54) is 0 Å². The highest BCUT2D eigenvalue weighted by molar-refractivity contribution is 9.10. The van der Waals surface area contributed by atoms with E-state index in [1.807, 2.05) is 18.2 Å². The molecule has 0 bridgehead atoms. The number of aliphatic hydroxyl groups excluding tert-OH is 1. The number of rotatable bonds is 4. The number of hydrogen-bond acceptors (Lipinski definition) is 4. The van der Waals surface area contributed by atoms with E-state index in [4.69, 9.17) is 4.74 Å². The number of halogens is 1. The molecule has 0 saturated carbocycles. The number of methoxy groups -OCH3 is 1. The van der Waals surface area contributed by atoms with Gasteiger partial charge in [0.1, 0.15) is 5.75 Å². The second kappa shape index (κ2) is 6.89. The summed E-state index contributed by atoms with van der Waals surface area (Å²) in [5, 5.41) is 9.87. The minimum atomic E-state index is -0.0152. The van der Waals surface area contributed by atoms with Crippen molar-refractivity contribution in [2.75, 3.05) is 40.4 Å². The summed E-state index contributed by atoms with van der Waals surface area (Å²) in [7, 11) is 3.82. The van der Waals surface area contributed by atoms with Crippen LogP contribution in [0.2, 0.25) is 0 Å². The molecule has 1 aliphatic rings. The lowest BCUT2D eigenvalue weighted by Gasteiger charge is -2.41. The van der Waals surface area contributed by atoms with E-state index in [-0.39, 0.29) is 12.6 Å². The molecule has 5 heteroatoms. The Labute approximate surface area is 129 Å². The van der Waals surface area contributed by atoms with E-state index < -0.39 is 0 Å². The Kier molecular flexibility index (Phi) is 5.43. The minimum Gasteiger partial charge on any atom is -0.496 e. The SMILES string of the molecule is COc1ccc(Br)cc1C(CO)N1CCN(C)C(C)C1. The van der Waals surface area contributed by atoms with Crippen LogP contribution in [0.25, 0.3) is 0 Å². The summed E-state index contributed by atoms with van der Waals surface area (Å²) in [5.41, 5.74) is 1.04. The maximum absolute atomic E-state index is 9.87. The number of hydrogen-bond donors (Lipinski definition) is 1. The third-order valence-corrected chi connectivity index (χ3v) is 4.65. The van der Waals surface area contributed by atoms with Crippen LogP contribution in [0.4, 0.5) is 0 Å². The van der Waals surface area contributed by atoms with Crippen LogP contribution >= 0.6 is 15.9 Å². The molecule has 0 aromatic heterocycles. The highest BCUT2D eigenvalue weighted by Crippen LogP contribution is 2.32. The Morgan fingerprint density at radius 2 is 2.20 bits per heavy atom. The molecule has 0 aliphatic carbocycles. The van der Waals surface area contributed by atoms with Gasteiger partial charge in [0.15, 0.2) is 0 Å². The van der Waals surface area contributed by atoms with Crippen molar-refractivity contribution in [2.24, 2.45) is 0 Å². The first kappa shape index (κ1) is 15.8. The summed E-state index contributed by atoms with van der Waals surface area (Å²) in [4.78, 5) is 4.69. The molecule has 0 amide bonds. The lowest BCUT2D eigenvalue weighted by molar-refractivity contribution is 0.0454. The normalized spacial score (nSPS) is 22.8. The van der Waals surface area contributed by atoms with E-state index in [2.05, 4.69) is 39.7 Å². The number of benzene rings is 1. The van der Waals surface area contributed by atoms with Crippen LogP contribution in [-0.2, 0) is 0 Å². The van der Waals surface area contributed by atoms with Gasteiger partial charge in [-0.25, -0.2) is 0 Å². The molecule has 1 fully saturated rings. The molecule has 2 unspecified atom stereocenters. The minimum absolute atomic E-state index is 0.0152. The van der Waals surface area contributed by atoms with Crippen LogP contribution in [-0.4, -0.2) is 61.3 Å². The fraction of sp³-hybridized carbons (Fsp3) is 0.600. The van der Waals surface area contributed by atoms with Crippen molar-refractivity contribution in [3.8, 4) is 5.75 Å². The smallest absolute Gasteiger partial charge is 0.123 e. The van der Waals surface area contributed by atoms with Crippen molar-refractivity contribution >= 4 is 15.9 Å². The van der Waals surface area contributed by atoms with Crippen molar-refractivity contribution in [1.82, 2.24) is 9.80 Å². The number of aliphatic hydroxyl groups is 1. The monoisotopic (exact) mass is 342 g/mol. The Morgan fingerprint density at radius 1 is 1.45 bits per heavy atom. The largest absolute Gasteiger partial charge is 0.496 e. The lowest BCUT2D eigenvalue weighted by Crippen LogP contribution is -2.51. The summed E-state index contributed by atoms with van der Waals surface area (Å²) >= 11 is 3.50. The third-order valence-electron chi connectivity index (χ3n) is 4.16. The molecule has 20 heavy (non-hydrogen) atoms. The van der Waals surface area contributed by atoms with Crippen molar-refractivity contribution in [2.45, 2.75) is 19.0 Å². The average molecular weight is 343 g/mol. The molecule has 1 aromatic carbocycles. The van der Waals surface area contributed by atoms with Gasteiger partial charge in [0.25, 0.3) is 0 Å². The summed E-state index contributed by atoms with van der Waals surface area (Å²) in [6, 6.07) is 6.43. The molecule has 1 heterocycles. The topological polar surface area (TPSA) is 35.9 Å². The van der Waals surface area contributed by atoms with Crippen LogP contribution in [0.3, 0.4) is 0 Å². The number of ether oxygens (including phenoxy) is 1. The van der Waals surface area contributed by atoms with E-state index >= 15 is 0 Å². The van der Waals surface area contributed by atoms with Gasteiger partial charge in [-0.2, -0.15) is 0 Å². The summed E-state index contributed by atoms with van der Waals surface area (Å²) in [6.07, 6.45) is 0. The molecule has 112 valence electrons. The van der Waals surface area contributed by atoms with Crippen molar-refractivity contribution in [3.05, 3.63) is 28.2 Å². The lowest BCUT2D eigenvalue weighted by atomic mass is 10.0. The molecule has 0 spiro atoms. The van der Waals surface area contributed by atoms with E-state index in [0.29, 0.717) is 6.04 Å². The second-order valence-electron chi connectivity index (χ2n) is 5.41. The van der Waals surface area contributed by atoms with Crippen LogP contribution in [0.15, 0.2) is 22.7 Å². The molecule has 2 atom stereocenters. The summed E-state index contributed by atoms with van der Waals surface area (Å²) in [6.45, 7) is 5.26. The molecule has 4 nitrogen and oxygen atoms in total. The number of likely N-dealkylation sites (N-methyl/N-ethyl adjacent to an activating group) is 1. The molecule has 1 aliphatic heterocycles. The Balaban J connectivity index is 2.26. The van der Waals surface area contributed by atoms with Gasteiger partial charge >= 0.3 is 0 Å². The highest BCUT2D eigenvalue weighted by Gasteiger charge is 2.28. The molecule has 2 rings (SSSR count). The second-order valence-corrected chi connectivity index (χ2v) is 6.32. The van der Waals surface area contributed by atoms with E-state index in [0.717, 1.165) is 35.4 Å². The van der Waals surface area contributed by atoms with E-state index in [9.17, 15) is 5.11 Å². The average Bonchev–Trinajstić information content (AvgIpc) is 2.44. The zero-order valence-electron chi connectivity index (χ0n) is 12.3. The van der Waals surface area contributed by atoms with Crippen LogP contribution in [0.1, 0.15) is 18.5 Å². The standard InChI is InChI=1S/C15H23BrN2O2/c1-11-9-18(7-6-17(11)2)14(10-19)13-8-12(16)4-5-15(13)20-3/h4-5,8,11,14,19H,6-7,9-10H2,1-3H3. The number of nitrogens with zero attached hydrogens (tertiary/aromatic N) is 2. The van der Waals surface area contributed by atoms with Crippen LogP contribution < -0.4 is 4.74 Å². The maximum Gasteiger partial charge on any atom is 0.123 e. The maximum atomic E-state index is 9.87. The fourth-order valence-electron chi connectivity index (χ4n) is 2.74. The zero-order chi connectivity index (χ0) is 14.7. The molecular formula is C15H23BrN2O2. The predicted molar refractivity (Wildman–Crippen MR) is 84.2 cm³/mol. The zero-order valence-corrected chi connectivity index (χ0v) is 13.9. The Bertz CT molecular complexity index is 455.